The molecule has 29 heavy (non-hydrogen) atoms. The minimum absolute atomic E-state index is 0.0349. The van der Waals surface area contributed by atoms with Gasteiger partial charge in [-0.1, -0.05) is 0 Å². The van der Waals surface area contributed by atoms with E-state index in [-0.39, 0.29) is 39.7 Å². The first-order valence-corrected chi connectivity index (χ1v) is 8.91. The molecule has 0 aliphatic carbocycles. The summed E-state index contributed by atoms with van der Waals surface area (Å²) in [5.74, 6) is -3.05. The van der Waals surface area contributed by atoms with E-state index in [0.717, 1.165) is 12.1 Å². The van der Waals surface area contributed by atoms with E-state index >= 15 is 0 Å². The standard InChI is InChI=1S/C18H13BrF2N4O4/c1-8-13(6-22-15(23-8)18(27)28)25-9(2)24-16(14(19)17(25)26)29-7-10-3-4-11(20)5-12(10)21/h3-6H,7H2,1-2H3,(H,27,28). The molecule has 0 saturated carbocycles. The minimum Gasteiger partial charge on any atom is -0.475 e. The van der Waals surface area contributed by atoms with Crippen LogP contribution in [-0.2, 0) is 6.61 Å². The predicted octanol–water partition coefficient (Wildman–Crippen LogP) is 2.96. The summed E-state index contributed by atoms with van der Waals surface area (Å²) in [5, 5.41) is 8.97. The number of halogens is 3. The highest BCUT2D eigenvalue weighted by Crippen LogP contribution is 2.22. The van der Waals surface area contributed by atoms with E-state index in [2.05, 4.69) is 30.9 Å². The summed E-state index contributed by atoms with van der Waals surface area (Å²) >= 11 is 3.12. The molecule has 1 aromatic carbocycles. The lowest BCUT2D eigenvalue weighted by atomic mass is 10.2. The smallest absolute Gasteiger partial charge is 0.373 e. The zero-order valence-electron chi connectivity index (χ0n) is 15.1. The summed E-state index contributed by atoms with van der Waals surface area (Å²) in [6, 6.07) is 3.06. The summed E-state index contributed by atoms with van der Waals surface area (Å²) in [7, 11) is 0. The topological polar surface area (TPSA) is 107 Å². The SMILES string of the molecule is Cc1nc(C(=O)O)ncc1-n1c(C)nc(OCc2ccc(F)cc2F)c(Br)c1=O. The van der Waals surface area contributed by atoms with Gasteiger partial charge >= 0.3 is 5.97 Å². The number of carboxylic acids is 1. The van der Waals surface area contributed by atoms with Gasteiger partial charge in [0.25, 0.3) is 5.56 Å². The van der Waals surface area contributed by atoms with E-state index in [1.807, 2.05) is 0 Å². The van der Waals surface area contributed by atoms with Gasteiger partial charge in [-0.25, -0.2) is 23.5 Å². The number of hydrogen-bond acceptors (Lipinski definition) is 6. The van der Waals surface area contributed by atoms with Crippen molar-refractivity contribution in [3.63, 3.8) is 0 Å². The second-order valence-electron chi connectivity index (χ2n) is 5.91. The number of nitrogens with zero attached hydrogens (tertiary/aromatic N) is 4. The Hall–Kier alpha value is -3.21. The molecule has 0 saturated heterocycles. The molecule has 11 heteroatoms. The average molecular weight is 467 g/mol. The van der Waals surface area contributed by atoms with E-state index < -0.39 is 29.0 Å². The summed E-state index contributed by atoms with van der Waals surface area (Å²) in [5.41, 5.74) is 0.0532. The van der Waals surface area contributed by atoms with Crippen molar-refractivity contribution in [2.45, 2.75) is 20.5 Å². The molecule has 0 aliphatic heterocycles. The van der Waals surface area contributed by atoms with Gasteiger partial charge in [-0.05, 0) is 41.9 Å². The van der Waals surface area contributed by atoms with Crippen molar-refractivity contribution in [1.29, 1.82) is 0 Å². The normalized spacial score (nSPS) is 10.8. The van der Waals surface area contributed by atoms with Crippen molar-refractivity contribution in [2.24, 2.45) is 0 Å². The van der Waals surface area contributed by atoms with Crippen LogP contribution in [-0.4, -0.2) is 30.6 Å². The molecule has 3 aromatic rings. The number of rotatable bonds is 5. The number of hydrogen-bond donors (Lipinski definition) is 1. The zero-order valence-corrected chi connectivity index (χ0v) is 16.7. The monoisotopic (exact) mass is 466 g/mol. The molecule has 0 unspecified atom stereocenters. The Labute approximate surface area is 171 Å². The van der Waals surface area contributed by atoms with Crippen molar-refractivity contribution in [3.05, 3.63) is 73.8 Å². The number of carboxylic acid groups (broad SMARTS) is 1. The highest BCUT2D eigenvalue weighted by Gasteiger charge is 2.19. The molecular weight excluding hydrogens is 454 g/mol. The molecule has 2 heterocycles. The molecule has 2 aromatic heterocycles. The average Bonchev–Trinajstić information content (AvgIpc) is 2.65. The Kier molecular flexibility index (Phi) is 5.69. The third-order valence-electron chi connectivity index (χ3n) is 3.93. The molecule has 1 N–H and O–H groups in total. The maximum Gasteiger partial charge on any atom is 0.373 e. The quantitative estimate of drug-likeness (QED) is 0.615. The van der Waals surface area contributed by atoms with E-state index in [1.54, 1.807) is 0 Å². The lowest BCUT2D eigenvalue weighted by Gasteiger charge is -2.14. The van der Waals surface area contributed by atoms with Gasteiger partial charge < -0.3 is 9.84 Å². The second-order valence-corrected chi connectivity index (χ2v) is 6.71. The maximum atomic E-state index is 13.8. The first-order chi connectivity index (χ1) is 13.7. The van der Waals surface area contributed by atoms with Crippen LogP contribution in [0.2, 0.25) is 0 Å². The maximum absolute atomic E-state index is 13.8. The Morgan fingerprint density at radius 3 is 2.62 bits per heavy atom. The molecule has 150 valence electrons. The summed E-state index contributed by atoms with van der Waals surface area (Å²) in [6.07, 6.45) is 1.21. The summed E-state index contributed by atoms with van der Waals surface area (Å²) in [4.78, 5) is 35.6. The molecule has 3 rings (SSSR count). The fourth-order valence-corrected chi connectivity index (χ4v) is 2.91. The van der Waals surface area contributed by atoms with Crippen molar-refractivity contribution >= 4 is 21.9 Å². The molecule has 0 atom stereocenters. The third-order valence-corrected chi connectivity index (χ3v) is 4.61. The van der Waals surface area contributed by atoms with Crippen LogP contribution >= 0.6 is 15.9 Å². The lowest BCUT2D eigenvalue weighted by molar-refractivity contribution is 0.0683. The molecular formula is C18H13BrF2N4O4. The van der Waals surface area contributed by atoms with Crippen LogP contribution in [0.3, 0.4) is 0 Å². The fraction of sp³-hybridized carbons (Fsp3) is 0.167. The third kappa shape index (κ3) is 4.14. The van der Waals surface area contributed by atoms with Gasteiger partial charge in [-0.15, -0.1) is 0 Å². The Morgan fingerprint density at radius 2 is 2.00 bits per heavy atom. The van der Waals surface area contributed by atoms with E-state index in [9.17, 15) is 18.4 Å². The minimum atomic E-state index is -1.29. The van der Waals surface area contributed by atoms with Crippen LogP contribution in [0.1, 0.15) is 27.7 Å². The highest BCUT2D eigenvalue weighted by atomic mass is 79.9. The Balaban J connectivity index is 1.96. The summed E-state index contributed by atoms with van der Waals surface area (Å²) in [6.45, 7) is 2.80. The first kappa shape index (κ1) is 20.5. The van der Waals surface area contributed by atoms with Gasteiger partial charge in [0.1, 0.15) is 28.5 Å². The fourth-order valence-electron chi connectivity index (χ4n) is 2.53. The van der Waals surface area contributed by atoms with Crippen molar-refractivity contribution in [3.8, 4) is 11.6 Å². The van der Waals surface area contributed by atoms with Gasteiger partial charge in [0, 0.05) is 11.6 Å². The number of aromatic carboxylic acids is 1. The molecule has 0 aliphatic rings. The van der Waals surface area contributed by atoms with Crippen LogP contribution < -0.4 is 10.3 Å². The van der Waals surface area contributed by atoms with Crippen LogP contribution in [0.4, 0.5) is 8.78 Å². The van der Waals surface area contributed by atoms with Crippen molar-refractivity contribution in [1.82, 2.24) is 19.5 Å². The predicted molar refractivity (Wildman–Crippen MR) is 100 cm³/mol. The number of benzene rings is 1. The molecule has 0 amide bonds. The van der Waals surface area contributed by atoms with Crippen LogP contribution in [0.15, 0.2) is 33.7 Å². The van der Waals surface area contributed by atoms with Gasteiger partial charge in [-0.3, -0.25) is 9.36 Å². The largest absolute Gasteiger partial charge is 0.475 e. The van der Waals surface area contributed by atoms with Crippen LogP contribution in [0.25, 0.3) is 5.69 Å². The van der Waals surface area contributed by atoms with Gasteiger partial charge in [0.15, 0.2) is 0 Å². The molecule has 0 radical (unpaired) electrons. The zero-order chi connectivity index (χ0) is 21.3. The Bertz CT molecular complexity index is 1180. The highest BCUT2D eigenvalue weighted by molar-refractivity contribution is 9.10. The lowest BCUT2D eigenvalue weighted by Crippen LogP contribution is -2.25. The summed E-state index contributed by atoms with van der Waals surface area (Å²) < 4.78 is 33.3. The van der Waals surface area contributed by atoms with E-state index in [1.165, 1.54) is 30.7 Å². The second kappa shape index (κ2) is 8.03. The van der Waals surface area contributed by atoms with Crippen LogP contribution in [0, 0.1) is 25.5 Å². The molecule has 0 spiro atoms. The number of aromatic nitrogens is 4. The molecule has 0 bridgehead atoms. The van der Waals surface area contributed by atoms with Crippen molar-refractivity contribution in [2.75, 3.05) is 0 Å². The van der Waals surface area contributed by atoms with E-state index in [4.69, 9.17) is 9.84 Å². The van der Waals surface area contributed by atoms with Gasteiger partial charge in [-0.2, -0.15) is 4.98 Å². The Morgan fingerprint density at radius 1 is 1.28 bits per heavy atom. The van der Waals surface area contributed by atoms with Gasteiger partial charge in [0.05, 0.1) is 17.6 Å². The van der Waals surface area contributed by atoms with Crippen molar-refractivity contribution < 1.29 is 23.4 Å². The van der Waals surface area contributed by atoms with Gasteiger partial charge in [0.2, 0.25) is 11.7 Å². The first-order valence-electron chi connectivity index (χ1n) is 8.12. The molecule has 0 fully saturated rings. The molecule has 8 nitrogen and oxygen atoms in total. The van der Waals surface area contributed by atoms with Crippen LogP contribution in [0.5, 0.6) is 5.88 Å². The number of carbonyl (C=O) groups is 1. The van der Waals surface area contributed by atoms with E-state index in [0.29, 0.717) is 0 Å². The number of ether oxygens (including phenoxy) is 1. The number of aryl methyl sites for hydroxylation is 2.